The van der Waals surface area contributed by atoms with Crippen molar-refractivity contribution in [1.29, 1.82) is 0 Å². The molecule has 0 aliphatic carbocycles. The number of amides is 1. The molecule has 0 radical (unpaired) electrons. The normalized spacial score (nSPS) is 22.9. The van der Waals surface area contributed by atoms with Gasteiger partial charge in [-0.05, 0) is 37.5 Å². The van der Waals surface area contributed by atoms with Gasteiger partial charge in [0.05, 0.1) is 18.6 Å². The first kappa shape index (κ1) is 12.9. The molecular formula is C14H19NO3. The van der Waals surface area contributed by atoms with Crippen LogP contribution >= 0.6 is 0 Å². The zero-order chi connectivity index (χ0) is 13.0. The minimum atomic E-state index is -0.000169. The maximum absolute atomic E-state index is 11.8. The van der Waals surface area contributed by atoms with Crippen molar-refractivity contribution in [2.45, 2.75) is 25.9 Å². The van der Waals surface area contributed by atoms with Crippen molar-refractivity contribution in [2.24, 2.45) is 5.92 Å². The lowest BCUT2D eigenvalue weighted by molar-refractivity contribution is -0.124. The van der Waals surface area contributed by atoms with Crippen LogP contribution in [0.1, 0.15) is 18.9 Å². The monoisotopic (exact) mass is 249 g/mol. The molecule has 4 heteroatoms. The third-order valence-electron chi connectivity index (χ3n) is 3.22. The Morgan fingerprint density at radius 2 is 2.17 bits per heavy atom. The molecule has 0 bridgehead atoms. The predicted octanol–water partition coefficient (Wildman–Crippen LogP) is 1.48. The number of aromatic hydroxyl groups is 1. The topological polar surface area (TPSA) is 58.6 Å². The Kier molecular flexibility index (Phi) is 4.20. The van der Waals surface area contributed by atoms with Crippen molar-refractivity contribution in [3.63, 3.8) is 0 Å². The highest BCUT2D eigenvalue weighted by Gasteiger charge is 2.27. The van der Waals surface area contributed by atoms with Gasteiger partial charge in [0.25, 0.3) is 0 Å². The molecule has 2 N–H and O–H groups in total. The highest BCUT2D eigenvalue weighted by molar-refractivity contribution is 5.79. The number of nitrogens with one attached hydrogen (secondary N) is 1. The van der Waals surface area contributed by atoms with Gasteiger partial charge in [0.1, 0.15) is 5.75 Å². The molecule has 1 aromatic carbocycles. The average molecular weight is 249 g/mol. The third kappa shape index (κ3) is 3.47. The van der Waals surface area contributed by atoms with Crippen LogP contribution in [-0.4, -0.2) is 30.3 Å². The van der Waals surface area contributed by atoms with Crippen molar-refractivity contribution in [3.05, 3.63) is 29.8 Å². The van der Waals surface area contributed by atoms with E-state index in [1.807, 2.05) is 19.1 Å². The molecule has 18 heavy (non-hydrogen) atoms. The SMILES string of the molecule is CC1CC(C(=O)NCCc2ccc(O)cc2)CO1. The molecular weight excluding hydrogens is 230 g/mol. The van der Waals surface area contributed by atoms with Gasteiger partial charge in [-0.15, -0.1) is 0 Å². The summed E-state index contributed by atoms with van der Waals surface area (Å²) in [5, 5.41) is 12.1. The van der Waals surface area contributed by atoms with Crippen LogP contribution in [0.15, 0.2) is 24.3 Å². The summed E-state index contributed by atoms with van der Waals surface area (Å²) in [5.41, 5.74) is 1.10. The summed E-state index contributed by atoms with van der Waals surface area (Å²) < 4.78 is 5.38. The number of benzene rings is 1. The number of phenolic OH excluding ortho intramolecular Hbond substituents is 1. The number of carbonyl (C=O) groups is 1. The molecule has 2 atom stereocenters. The lowest BCUT2D eigenvalue weighted by atomic mass is 10.1. The summed E-state index contributed by atoms with van der Waals surface area (Å²) >= 11 is 0. The Morgan fingerprint density at radius 1 is 1.44 bits per heavy atom. The van der Waals surface area contributed by atoms with Crippen LogP contribution < -0.4 is 5.32 Å². The molecule has 0 spiro atoms. The fourth-order valence-electron chi connectivity index (χ4n) is 2.14. The Labute approximate surface area is 107 Å². The van der Waals surface area contributed by atoms with Gasteiger partial charge in [0.15, 0.2) is 0 Å². The molecule has 4 nitrogen and oxygen atoms in total. The average Bonchev–Trinajstić information content (AvgIpc) is 2.78. The number of hydrogen-bond donors (Lipinski definition) is 2. The van der Waals surface area contributed by atoms with E-state index in [0.29, 0.717) is 13.2 Å². The van der Waals surface area contributed by atoms with Gasteiger partial charge in [0.2, 0.25) is 5.91 Å². The number of ether oxygens (including phenoxy) is 1. The Morgan fingerprint density at radius 3 is 2.78 bits per heavy atom. The molecule has 0 aromatic heterocycles. The van der Waals surface area contributed by atoms with Gasteiger partial charge in [-0.1, -0.05) is 12.1 Å². The Hall–Kier alpha value is -1.55. The Balaban J connectivity index is 1.72. The number of rotatable bonds is 4. The van der Waals surface area contributed by atoms with Crippen molar-refractivity contribution < 1.29 is 14.6 Å². The maximum atomic E-state index is 11.8. The van der Waals surface area contributed by atoms with Gasteiger partial charge in [-0.2, -0.15) is 0 Å². The van der Waals surface area contributed by atoms with Crippen molar-refractivity contribution in [3.8, 4) is 5.75 Å². The van der Waals surface area contributed by atoms with Crippen molar-refractivity contribution >= 4 is 5.91 Å². The van der Waals surface area contributed by atoms with Crippen LogP contribution in [0.25, 0.3) is 0 Å². The van der Waals surface area contributed by atoms with Gasteiger partial charge < -0.3 is 15.2 Å². The number of phenols is 1. The minimum absolute atomic E-state index is 0.000169. The smallest absolute Gasteiger partial charge is 0.225 e. The van der Waals surface area contributed by atoms with Crippen LogP contribution in [-0.2, 0) is 16.0 Å². The van der Waals surface area contributed by atoms with Crippen LogP contribution in [0.4, 0.5) is 0 Å². The first-order valence-corrected chi connectivity index (χ1v) is 6.32. The van der Waals surface area contributed by atoms with E-state index in [1.165, 1.54) is 0 Å². The van der Waals surface area contributed by atoms with Gasteiger partial charge in [-0.3, -0.25) is 4.79 Å². The van der Waals surface area contributed by atoms with E-state index in [-0.39, 0.29) is 23.7 Å². The van der Waals surface area contributed by atoms with Crippen molar-refractivity contribution in [2.75, 3.05) is 13.2 Å². The molecule has 0 saturated carbocycles. The van der Waals surface area contributed by atoms with E-state index in [9.17, 15) is 4.79 Å². The molecule has 1 aromatic rings. The van der Waals surface area contributed by atoms with Gasteiger partial charge >= 0.3 is 0 Å². The van der Waals surface area contributed by atoms with E-state index in [0.717, 1.165) is 18.4 Å². The predicted molar refractivity (Wildman–Crippen MR) is 68.3 cm³/mol. The number of hydrogen-bond acceptors (Lipinski definition) is 3. The fourth-order valence-corrected chi connectivity index (χ4v) is 2.14. The summed E-state index contributed by atoms with van der Waals surface area (Å²) in [6.07, 6.45) is 1.78. The zero-order valence-electron chi connectivity index (χ0n) is 10.6. The lowest BCUT2D eigenvalue weighted by Gasteiger charge is -2.09. The second-order valence-corrected chi connectivity index (χ2v) is 4.78. The molecule has 1 saturated heterocycles. The van der Waals surface area contributed by atoms with Crippen LogP contribution in [0, 0.1) is 5.92 Å². The van der Waals surface area contributed by atoms with E-state index in [2.05, 4.69) is 5.32 Å². The quantitative estimate of drug-likeness (QED) is 0.849. The molecule has 1 aliphatic rings. The van der Waals surface area contributed by atoms with E-state index in [1.54, 1.807) is 12.1 Å². The minimum Gasteiger partial charge on any atom is -0.508 e. The fraction of sp³-hybridized carbons (Fsp3) is 0.500. The molecule has 2 unspecified atom stereocenters. The number of carbonyl (C=O) groups excluding carboxylic acids is 1. The van der Waals surface area contributed by atoms with Crippen LogP contribution in [0.5, 0.6) is 5.75 Å². The van der Waals surface area contributed by atoms with Crippen molar-refractivity contribution in [1.82, 2.24) is 5.32 Å². The van der Waals surface area contributed by atoms with E-state index < -0.39 is 0 Å². The lowest BCUT2D eigenvalue weighted by Crippen LogP contribution is -2.32. The summed E-state index contributed by atoms with van der Waals surface area (Å²) in [5.74, 6) is 0.345. The molecule has 98 valence electrons. The maximum Gasteiger partial charge on any atom is 0.225 e. The van der Waals surface area contributed by atoms with Crippen LogP contribution in [0.2, 0.25) is 0 Å². The summed E-state index contributed by atoms with van der Waals surface area (Å²) in [6, 6.07) is 7.04. The zero-order valence-corrected chi connectivity index (χ0v) is 10.6. The third-order valence-corrected chi connectivity index (χ3v) is 3.22. The molecule has 1 fully saturated rings. The molecule has 1 amide bonds. The summed E-state index contributed by atoms with van der Waals surface area (Å²) in [7, 11) is 0. The van der Waals surface area contributed by atoms with Gasteiger partial charge in [-0.25, -0.2) is 0 Å². The second-order valence-electron chi connectivity index (χ2n) is 4.78. The highest BCUT2D eigenvalue weighted by Crippen LogP contribution is 2.18. The van der Waals surface area contributed by atoms with Gasteiger partial charge in [0, 0.05) is 6.54 Å². The summed E-state index contributed by atoms with van der Waals surface area (Å²) in [6.45, 7) is 3.14. The first-order valence-electron chi connectivity index (χ1n) is 6.32. The molecule has 2 rings (SSSR count). The Bertz CT molecular complexity index is 402. The highest BCUT2D eigenvalue weighted by atomic mass is 16.5. The molecule has 1 aliphatic heterocycles. The van der Waals surface area contributed by atoms with E-state index >= 15 is 0 Å². The molecule has 1 heterocycles. The second kappa shape index (κ2) is 5.87. The standard InChI is InChI=1S/C14H19NO3/c1-10-8-12(9-18-10)14(17)15-7-6-11-2-4-13(16)5-3-11/h2-5,10,12,16H,6-9H2,1H3,(H,15,17). The summed E-state index contributed by atoms with van der Waals surface area (Å²) in [4.78, 5) is 11.8. The van der Waals surface area contributed by atoms with E-state index in [4.69, 9.17) is 9.84 Å². The largest absolute Gasteiger partial charge is 0.508 e. The van der Waals surface area contributed by atoms with Crippen LogP contribution in [0.3, 0.4) is 0 Å². The first-order chi connectivity index (χ1) is 8.65.